The predicted molar refractivity (Wildman–Crippen MR) is 129 cm³/mol. The number of thioether (sulfide) groups is 1. The van der Waals surface area contributed by atoms with Crippen molar-refractivity contribution in [2.75, 3.05) is 22.6 Å². The van der Waals surface area contributed by atoms with E-state index in [2.05, 4.69) is 5.32 Å². The number of ketones is 1. The van der Waals surface area contributed by atoms with Crippen LogP contribution in [0.25, 0.3) is 0 Å². The topological polar surface area (TPSA) is 92.8 Å². The van der Waals surface area contributed by atoms with Crippen LogP contribution in [0, 0.1) is 5.41 Å². The van der Waals surface area contributed by atoms with E-state index in [1.165, 1.54) is 11.8 Å². The van der Waals surface area contributed by atoms with Gasteiger partial charge in [-0.1, -0.05) is 45.0 Å². The Labute approximate surface area is 197 Å². The average molecular weight is 469 g/mol. The molecule has 0 aliphatic carbocycles. The summed E-state index contributed by atoms with van der Waals surface area (Å²) in [5.74, 6) is -1.03. The van der Waals surface area contributed by atoms with E-state index in [1.54, 1.807) is 68.1 Å². The Morgan fingerprint density at radius 2 is 1.76 bits per heavy atom. The molecule has 1 atom stereocenters. The smallest absolute Gasteiger partial charge is 0.339 e. The lowest BCUT2D eigenvalue weighted by atomic mass is 9.91. The van der Waals surface area contributed by atoms with Crippen LogP contribution in [0.15, 0.2) is 53.4 Å². The van der Waals surface area contributed by atoms with Crippen molar-refractivity contribution in [1.29, 1.82) is 0 Å². The van der Waals surface area contributed by atoms with Crippen molar-refractivity contribution < 1.29 is 23.9 Å². The van der Waals surface area contributed by atoms with Gasteiger partial charge in [0, 0.05) is 22.8 Å². The minimum absolute atomic E-state index is 0.0675. The molecule has 1 heterocycles. The Hall–Kier alpha value is -3.13. The molecule has 8 heteroatoms. The molecule has 0 radical (unpaired) electrons. The molecule has 7 nitrogen and oxygen atoms in total. The number of Topliss-reactive ketones (excluding diaryl/α,β-unsaturated/α-hetero) is 1. The average Bonchev–Trinajstić information content (AvgIpc) is 2.89. The van der Waals surface area contributed by atoms with Crippen molar-refractivity contribution in [1.82, 2.24) is 0 Å². The SMILES string of the molecule is CC1CC(=O)Nc2ccccc2N1C(=O)CSc1ccccc1C(=O)OCC(=O)C(C)(C)C. The quantitative estimate of drug-likeness (QED) is 0.502. The first-order valence-corrected chi connectivity index (χ1v) is 11.7. The summed E-state index contributed by atoms with van der Waals surface area (Å²) in [4.78, 5) is 52.3. The number of benzene rings is 2. The lowest BCUT2D eigenvalue weighted by molar-refractivity contribution is -0.129. The Bertz CT molecular complexity index is 1080. The lowest BCUT2D eigenvalue weighted by Crippen LogP contribution is -2.40. The number of anilines is 2. The molecule has 0 saturated carbocycles. The highest BCUT2D eigenvalue weighted by atomic mass is 32.2. The van der Waals surface area contributed by atoms with Gasteiger partial charge >= 0.3 is 5.97 Å². The number of nitrogens with one attached hydrogen (secondary N) is 1. The van der Waals surface area contributed by atoms with Gasteiger partial charge < -0.3 is 15.0 Å². The number of esters is 1. The van der Waals surface area contributed by atoms with E-state index in [4.69, 9.17) is 4.74 Å². The van der Waals surface area contributed by atoms with Crippen LogP contribution in [-0.2, 0) is 19.1 Å². The molecule has 0 spiro atoms. The van der Waals surface area contributed by atoms with Crippen molar-refractivity contribution in [3.63, 3.8) is 0 Å². The zero-order chi connectivity index (χ0) is 24.2. The molecule has 1 unspecified atom stereocenters. The molecular formula is C25H28N2O5S. The molecule has 0 saturated heterocycles. The number of para-hydroxylation sites is 2. The van der Waals surface area contributed by atoms with Gasteiger partial charge in [0.25, 0.3) is 0 Å². The normalized spacial score (nSPS) is 15.8. The van der Waals surface area contributed by atoms with Crippen LogP contribution in [0.4, 0.5) is 11.4 Å². The number of carbonyl (C=O) groups is 4. The van der Waals surface area contributed by atoms with Gasteiger partial charge in [0.15, 0.2) is 12.4 Å². The van der Waals surface area contributed by atoms with Crippen molar-refractivity contribution in [3.8, 4) is 0 Å². The number of ether oxygens (including phenoxy) is 1. The summed E-state index contributed by atoms with van der Waals surface area (Å²) in [6, 6.07) is 13.7. The second-order valence-corrected chi connectivity index (χ2v) is 9.93. The fourth-order valence-corrected chi connectivity index (χ4v) is 4.26. The predicted octanol–water partition coefficient (Wildman–Crippen LogP) is 4.31. The summed E-state index contributed by atoms with van der Waals surface area (Å²) in [5, 5.41) is 2.84. The van der Waals surface area contributed by atoms with Crippen LogP contribution >= 0.6 is 11.8 Å². The van der Waals surface area contributed by atoms with E-state index in [9.17, 15) is 19.2 Å². The van der Waals surface area contributed by atoms with Crippen molar-refractivity contribution in [3.05, 3.63) is 54.1 Å². The van der Waals surface area contributed by atoms with Crippen LogP contribution in [0.5, 0.6) is 0 Å². The zero-order valence-corrected chi connectivity index (χ0v) is 20.0. The van der Waals surface area contributed by atoms with Crippen LogP contribution in [0.2, 0.25) is 0 Å². The van der Waals surface area contributed by atoms with Gasteiger partial charge in [-0.15, -0.1) is 11.8 Å². The van der Waals surface area contributed by atoms with E-state index >= 15 is 0 Å². The zero-order valence-electron chi connectivity index (χ0n) is 19.2. The summed E-state index contributed by atoms with van der Waals surface area (Å²) in [5.41, 5.74) is 0.947. The first-order valence-electron chi connectivity index (χ1n) is 10.7. The number of fused-ring (bicyclic) bond motifs is 1. The third kappa shape index (κ3) is 6.01. The molecule has 3 rings (SSSR count). The van der Waals surface area contributed by atoms with Gasteiger partial charge in [-0.05, 0) is 31.2 Å². The standard InChI is InChI=1S/C25H28N2O5S/c1-16-13-22(29)26-18-10-6-7-11-19(18)27(16)23(30)15-33-20-12-8-5-9-17(20)24(31)32-14-21(28)25(2,3)4/h5-12,16H,13-15H2,1-4H3,(H,26,29). The summed E-state index contributed by atoms with van der Waals surface area (Å²) in [7, 11) is 0. The molecule has 1 aliphatic rings. The third-order valence-corrected chi connectivity index (χ3v) is 6.32. The highest BCUT2D eigenvalue weighted by Gasteiger charge is 2.30. The van der Waals surface area contributed by atoms with E-state index in [0.29, 0.717) is 21.8 Å². The summed E-state index contributed by atoms with van der Waals surface area (Å²) >= 11 is 1.22. The van der Waals surface area contributed by atoms with Crippen LogP contribution < -0.4 is 10.2 Å². The minimum atomic E-state index is -0.605. The second kappa shape index (κ2) is 10.2. The van der Waals surface area contributed by atoms with Gasteiger partial charge in [-0.25, -0.2) is 4.79 Å². The number of amides is 2. The largest absolute Gasteiger partial charge is 0.454 e. The van der Waals surface area contributed by atoms with Crippen molar-refractivity contribution >= 4 is 46.7 Å². The number of carbonyl (C=O) groups excluding carboxylic acids is 4. The molecule has 174 valence electrons. The maximum absolute atomic E-state index is 13.2. The fraction of sp³-hybridized carbons (Fsp3) is 0.360. The van der Waals surface area contributed by atoms with Crippen LogP contribution in [0.1, 0.15) is 44.5 Å². The molecule has 1 aliphatic heterocycles. The monoisotopic (exact) mass is 468 g/mol. The molecular weight excluding hydrogens is 440 g/mol. The third-order valence-electron chi connectivity index (χ3n) is 5.26. The molecule has 0 bridgehead atoms. The van der Waals surface area contributed by atoms with Crippen LogP contribution in [0.3, 0.4) is 0 Å². The molecule has 2 aromatic rings. The number of hydrogen-bond donors (Lipinski definition) is 1. The second-order valence-electron chi connectivity index (χ2n) is 8.92. The van der Waals surface area contributed by atoms with Gasteiger partial charge in [0.1, 0.15) is 0 Å². The first kappa shape index (κ1) is 24.5. The maximum atomic E-state index is 13.2. The van der Waals surface area contributed by atoms with E-state index in [1.807, 2.05) is 13.0 Å². The molecule has 33 heavy (non-hydrogen) atoms. The van der Waals surface area contributed by atoms with Crippen molar-refractivity contribution in [2.45, 2.75) is 45.1 Å². The number of nitrogens with zero attached hydrogens (tertiary/aromatic N) is 1. The summed E-state index contributed by atoms with van der Waals surface area (Å²) in [6.45, 7) is 6.84. The Morgan fingerprint density at radius 1 is 1.09 bits per heavy atom. The van der Waals surface area contributed by atoms with Crippen LogP contribution in [-0.4, -0.2) is 42.0 Å². The van der Waals surface area contributed by atoms with Crippen molar-refractivity contribution in [2.24, 2.45) is 5.41 Å². The Morgan fingerprint density at radius 3 is 2.48 bits per heavy atom. The highest BCUT2D eigenvalue weighted by Crippen LogP contribution is 2.33. The summed E-state index contributed by atoms with van der Waals surface area (Å²) in [6.07, 6.45) is 0.190. The molecule has 0 aromatic heterocycles. The minimum Gasteiger partial charge on any atom is -0.454 e. The van der Waals surface area contributed by atoms with Gasteiger partial charge in [-0.2, -0.15) is 0 Å². The van der Waals surface area contributed by atoms with Gasteiger partial charge in [0.2, 0.25) is 11.8 Å². The highest BCUT2D eigenvalue weighted by molar-refractivity contribution is 8.00. The molecule has 2 amide bonds. The summed E-state index contributed by atoms with van der Waals surface area (Å²) < 4.78 is 5.23. The van der Waals surface area contributed by atoms with E-state index in [-0.39, 0.29) is 42.4 Å². The van der Waals surface area contributed by atoms with E-state index in [0.717, 1.165) is 0 Å². The fourth-order valence-electron chi connectivity index (χ4n) is 3.36. The first-order chi connectivity index (χ1) is 15.6. The number of rotatable bonds is 6. The lowest BCUT2D eigenvalue weighted by Gasteiger charge is -2.27. The Kier molecular flexibility index (Phi) is 7.58. The van der Waals surface area contributed by atoms with Gasteiger partial charge in [0.05, 0.1) is 22.7 Å². The molecule has 2 aromatic carbocycles. The Balaban J connectivity index is 1.73. The maximum Gasteiger partial charge on any atom is 0.339 e. The number of hydrogen-bond acceptors (Lipinski definition) is 6. The van der Waals surface area contributed by atoms with Gasteiger partial charge in [-0.3, -0.25) is 14.4 Å². The molecule has 1 N–H and O–H groups in total. The van der Waals surface area contributed by atoms with E-state index < -0.39 is 11.4 Å². The molecule has 0 fully saturated rings.